The van der Waals surface area contributed by atoms with Gasteiger partial charge in [0.25, 0.3) is 0 Å². The average Bonchev–Trinajstić information content (AvgIpc) is 2.19. The molecule has 0 saturated carbocycles. The van der Waals surface area contributed by atoms with E-state index in [9.17, 15) is 10.1 Å². The number of benzene rings is 1. The first-order chi connectivity index (χ1) is 6.67. The van der Waals surface area contributed by atoms with Crippen molar-refractivity contribution in [2.24, 2.45) is 0 Å². The Bertz CT molecular complexity index is 347. The zero-order valence-electron chi connectivity index (χ0n) is 8.82. The van der Waals surface area contributed by atoms with Gasteiger partial charge in [-0.2, -0.15) is 0 Å². The average molecular weight is 460 g/mol. The van der Waals surface area contributed by atoms with E-state index in [0.29, 0.717) is 12.0 Å². The monoisotopic (exact) mass is 460 g/mol. The van der Waals surface area contributed by atoms with E-state index in [2.05, 4.69) is 0 Å². The van der Waals surface area contributed by atoms with Gasteiger partial charge >= 0.3 is 0 Å². The van der Waals surface area contributed by atoms with Crippen molar-refractivity contribution in [1.29, 1.82) is 0 Å². The Morgan fingerprint density at radius 3 is 2.00 bits per heavy atom. The molecule has 5 nitrogen and oxygen atoms in total. The van der Waals surface area contributed by atoms with E-state index in [1.54, 1.807) is 18.2 Å². The molecular weight excluding hydrogens is 453 g/mol. The van der Waals surface area contributed by atoms with Crippen LogP contribution in [-0.4, -0.2) is 16.5 Å². The normalized spacial score (nSPS) is 6.59. The number of rotatable bonds is 2. The SMILES string of the molecule is O=[C-]O.[CH-]=Cc1ccccc1[N+](=O)[O-].[Y].[Y].[Y]. The van der Waals surface area contributed by atoms with E-state index in [-0.39, 0.29) is 104 Å². The van der Waals surface area contributed by atoms with Gasteiger partial charge in [0.15, 0.2) is 5.69 Å². The molecule has 0 unspecified atom stereocenters. The fourth-order valence-electron chi connectivity index (χ4n) is 0.795. The molecule has 1 N–H and O–H groups in total. The van der Waals surface area contributed by atoms with Crippen LogP contribution in [0.3, 0.4) is 0 Å². The third kappa shape index (κ3) is 11.9. The maximum Gasteiger partial charge on any atom is 0.199 e. The first kappa shape index (κ1) is 26.7. The Kier molecular flexibility index (Phi) is 26.9. The van der Waals surface area contributed by atoms with Gasteiger partial charge in [0.05, 0.1) is 0 Å². The molecule has 1 aromatic rings. The van der Waals surface area contributed by atoms with Crippen molar-refractivity contribution >= 4 is 18.2 Å². The molecule has 0 bridgehead atoms. The third-order valence-electron chi connectivity index (χ3n) is 1.31. The van der Waals surface area contributed by atoms with Crippen LogP contribution in [0.4, 0.5) is 5.69 Å². The maximum absolute atomic E-state index is 10.3. The minimum atomic E-state index is -0.460. The second-order valence-corrected chi connectivity index (χ2v) is 2.07. The van der Waals surface area contributed by atoms with Crippen LogP contribution in [0.25, 0.3) is 6.08 Å². The van der Waals surface area contributed by atoms with Crippen molar-refractivity contribution in [3.05, 3.63) is 46.5 Å². The topological polar surface area (TPSA) is 80.4 Å². The third-order valence-corrected chi connectivity index (χ3v) is 1.31. The molecule has 0 aromatic heterocycles. The van der Waals surface area contributed by atoms with E-state index in [0.717, 1.165) is 0 Å². The minimum absolute atomic E-state index is 0. The molecule has 0 fully saturated rings. The number of hydrogen-bond donors (Lipinski definition) is 1. The molecule has 8 heteroatoms. The quantitative estimate of drug-likeness (QED) is 0.414. The van der Waals surface area contributed by atoms with E-state index >= 15 is 0 Å². The van der Waals surface area contributed by atoms with Crippen LogP contribution in [0.15, 0.2) is 24.3 Å². The summed E-state index contributed by atoms with van der Waals surface area (Å²) < 4.78 is 0. The fourth-order valence-corrected chi connectivity index (χ4v) is 0.795. The number of hydrogen-bond acceptors (Lipinski definition) is 3. The molecule has 0 atom stereocenters. The van der Waals surface area contributed by atoms with E-state index < -0.39 is 4.92 Å². The first-order valence-electron chi connectivity index (χ1n) is 3.47. The first-order valence-corrected chi connectivity index (χ1v) is 3.47. The van der Waals surface area contributed by atoms with E-state index in [1.165, 1.54) is 12.1 Å². The van der Waals surface area contributed by atoms with Crippen LogP contribution in [-0.2, 0) is 103 Å². The molecule has 1 aromatic carbocycles. The Morgan fingerprint density at radius 2 is 1.71 bits per heavy atom. The Hall–Kier alpha value is 1.14. The number of nitro groups is 1. The molecule has 17 heavy (non-hydrogen) atoms. The largest absolute Gasteiger partial charge is 0.665 e. The van der Waals surface area contributed by atoms with Crippen molar-refractivity contribution < 1.29 is 113 Å². The summed E-state index contributed by atoms with van der Waals surface area (Å²) in [5.74, 6) is 0. The zero-order valence-corrected chi connectivity index (χ0v) is 17.3. The van der Waals surface area contributed by atoms with Gasteiger partial charge < -0.3 is 9.90 Å². The summed E-state index contributed by atoms with van der Waals surface area (Å²) in [4.78, 5) is 18.1. The molecule has 3 radical (unpaired) electrons. The number of nitro benzene ring substituents is 1. The summed E-state index contributed by atoms with van der Waals surface area (Å²) in [6, 6.07) is 6.31. The second-order valence-electron chi connectivity index (χ2n) is 2.07. The summed E-state index contributed by atoms with van der Waals surface area (Å²) in [5.41, 5.74) is 0.479. The van der Waals surface area contributed by atoms with Gasteiger partial charge in [0.2, 0.25) is 0 Å². The molecule has 0 aliphatic heterocycles. The Labute approximate surface area is 175 Å². The van der Waals surface area contributed by atoms with E-state index in [1.807, 2.05) is 0 Å². The smallest absolute Gasteiger partial charge is 0.199 e. The van der Waals surface area contributed by atoms with Crippen LogP contribution >= 0.6 is 0 Å². The van der Waals surface area contributed by atoms with Crippen LogP contribution in [0.2, 0.25) is 0 Å². The van der Waals surface area contributed by atoms with Crippen LogP contribution in [0.1, 0.15) is 5.56 Å². The summed E-state index contributed by atoms with van der Waals surface area (Å²) in [7, 11) is 0. The number of para-hydroxylation sites is 1. The summed E-state index contributed by atoms with van der Waals surface area (Å²) in [5, 5.41) is 17.1. The summed E-state index contributed by atoms with van der Waals surface area (Å²) in [6.07, 6.45) is 1.22. The maximum atomic E-state index is 10.3. The van der Waals surface area contributed by atoms with Crippen molar-refractivity contribution in [2.75, 3.05) is 0 Å². The van der Waals surface area contributed by atoms with Gasteiger partial charge in [-0.15, -0.1) is 6.07 Å². The molecular formula is C9H7NO4Y3-2. The molecule has 0 heterocycles. The minimum Gasteiger partial charge on any atom is -0.665 e. The Balaban J connectivity index is -0.000000128. The molecule has 0 aliphatic rings. The molecule has 0 aliphatic carbocycles. The van der Waals surface area contributed by atoms with Crippen LogP contribution in [0, 0.1) is 16.7 Å². The fraction of sp³-hybridized carbons (Fsp3) is 0. The summed E-state index contributed by atoms with van der Waals surface area (Å²) >= 11 is 0. The van der Waals surface area contributed by atoms with Gasteiger partial charge in [0.1, 0.15) is 0 Å². The van der Waals surface area contributed by atoms with Crippen LogP contribution < -0.4 is 0 Å². The summed E-state index contributed by atoms with van der Waals surface area (Å²) in [6.45, 7) is 5.66. The van der Waals surface area contributed by atoms with Gasteiger partial charge in [-0.05, 0) is 6.07 Å². The second kappa shape index (κ2) is 17.1. The predicted molar refractivity (Wildman–Crippen MR) is 50.2 cm³/mol. The van der Waals surface area contributed by atoms with Crippen molar-refractivity contribution in [3.63, 3.8) is 0 Å². The predicted octanol–water partition coefficient (Wildman–Crippen LogP) is 1.65. The molecule has 0 spiro atoms. The standard InChI is InChI=1S/C8H6NO2.CHO2.3Y/c1-2-7-5-3-4-6-8(7)9(10)11;2-1-3;;;/h1-6H;(H,2,3);;;/q2*-1;;;. The van der Waals surface area contributed by atoms with Gasteiger partial charge in [0, 0.05) is 103 Å². The van der Waals surface area contributed by atoms with Gasteiger partial charge in [-0.1, -0.05) is 24.2 Å². The molecule has 1 rings (SSSR count). The van der Waals surface area contributed by atoms with Crippen molar-refractivity contribution in [1.82, 2.24) is 0 Å². The molecule has 0 saturated heterocycles. The molecule has 83 valence electrons. The Morgan fingerprint density at radius 1 is 1.29 bits per heavy atom. The zero-order chi connectivity index (χ0) is 11.0. The van der Waals surface area contributed by atoms with Crippen molar-refractivity contribution in [3.8, 4) is 0 Å². The van der Waals surface area contributed by atoms with Crippen LogP contribution in [0.5, 0.6) is 0 Å². The number of nitrogens with zero attached hydrogens (tertiary/aromatic N) is 1. The van der Waals surface area contributed by atoms with Gasteiger partial charge in [-0.3, -0.25) is 16.7 Å². The molecule has 0 amide bonds. The van der Waals surface area contributed by atoms with Gasteiger partial charge in [-0.25, -0.2) is 6.08 Å². The van der Waals surface area contributed by atoms with E-state index in [4.69, 9.17) is 16.5 Å². The number of aliphatic hydroxyl groups excluding tert-OH is 1. The van der Waals surface area contributed by atoms with Crippen molar-refractivity contribution in [2.45, 2.75) is 0 Å².